The van der Waals surface area contributed by atoms with E-state index < -0.39 is 0 Å². The van der Waals surface area contributed by atoms with Crippen LogP contribution in [0, 0.1) is 12.8 Å². The van der Waals surface area contributed by atoms with E-state index in [2.05, 4.69) is 38.0 Å². The molecule has 0 amide bonds. The van der Waals surface area contributed by atoms with Crippen LogP contribution in [0.25, 0.3) is 0 Å². The molecule has 24 heavy (non-hydrogen) atoms. The Hall–Kier alpha value is -1.63. The molecule has 3 atom stereocenters. The lowest BCUT2D eigenvalue weighted by molar-refractivity contribution is 0.0639. The van der Waals surface area contributed by atoms with Gasteiger partial charge in [0.15, 0.2) is 0 Å². The number of hydrogen-bond donors (Lipinski definition) is 0. The zero-order chi connectivity index (χ0) is 17.3. The lowest BCUT2D eigenvalue weighted by atomic mass is 10.0. The van der Waals surface area contributed by atoms with E-state index in [1.165, 1.54) is 0 Å². The number of aryl methyl sites for hydroxylation is 1. The first-order valence-corrected chi connectivity index (χ1v) is 9.05. The number of fused-ring (bicyclic) bond motifs is 1. The third-order valence-electron chi connectivity index (χ3n) is 4.61. The van der Waals surface area contributed by atoms with Crippen molar-refractivity contribution >= 4 is 33.7 Å². The summed E-state index contributed by atoms with van der Waals surface area (Å²) in [4.78, 5) is 16.5. The third kappa shape index (κ3) is 3.55. The summed E-state index contributed by atoms with van der Waals surface area (Å²) in [5, 5.41) is 4.06. The highest BCUT2D eigenvalue weighted by Crippen LogP contribution is 2.38. The van der Waals surface area contributed by atoms with Gasteiger partial charge < -0.3 is 14.5 Å². The second kappa shape index (κ2) is 7.09. The van der Waals surface area contributed by atoms with Crippen molar-refractivity contribution < 1.29 is 9.57 Å². The number of pyridine rings is 1. The molecule has 2 heterocycles. The smallest absolute Gasteiger partial charge is 0.228 e. The van der Waals surface area contributed by atoms with Crippen LogP contribution in [0.5, 0.6) is 5.88 Å². The van der Waals surface area contributed by atoms with Gasteiger partial charge >= 0.3 is 0 Å². The van der Waals surface area contributed by atoms with E-state index in [-0.39, 0.29) is 12.2 Å². The minimum atomic E-state index is 0.106. The number of rotatable bonds is 5. The fraction of sp³-hybridized carbons (Fsp3) is 0.588. The minimum absolute atomic E-state index is 0.106. The predicted molar refractivity (Wildman–Crippen MR) is 98.3 cm³/mol. The summed E-state index contributed by atoms with van der Waals surface area (Å²) in [5.74, 6) is 0.998. The van der Waals surface area contributed by atoms with Crippen LogP contribution in [0.2, 0.25) is 0 Å². The van der Waals surface area contributed by atoms with Crippen LogP contribution in [-0.4, -0.2) is 47.7 Å². The van der Waals surface area contributed by atoms with Crippen LogP contribution < -0.4 is 4.74 Å². The van der Waals surface area contributed by atoms with Gasteiger partial charge in [-0.3, -0.25) is 0 Å². The zero-order valence-corrected chi connectivity index (χ0v) is 16.1. The molecule has 7 heteroatoms. The van der Waals surface area contributed by atoms with Crippen LogP contribution in [-0.2, 0) is 4.84 Å². The van der Waals surface area contributed by atoms with E-state index in [1.54, 1.807) is 0 Å². The van der Waals surface area contributed by atoms with Gasteiger partial charge in [0.2, 0.25) is 5.88 Å². The molecular weight excluding hydrogens is 372 g/mol. The molecule has 1 aromatic rings. The Labute approximate surface area is 151 Å². The lowest BCUT2D eigenvalue weighted by Gasteiger charge is -2.15. The number of aromatic nitrogens is 1. The van der Waals surface area contributed by atoms with Crippen molar-refractivity contribution in [1.29, 1.82) is 0 Å². The van der Waals surface area contributed by atoms with Crippen LogP contribution in [0.15, 0.2) is 20.7 Å². The summed E-state index contributed by atoms with van der Waals surface area (Å²) in [6, 6.07) is 1.96. The molecule has 3 rings (SSSR count). The Morgan fingerprint density at radius 2 is 2.25 bits per heavy atom. The lowest BCUT2D eigenvalue weighted by Crippen LogP contribution is -2.16. The average molecular weight is 395 g/mol. The van der Waals surface area contributed by atoms with Crippen molar-refractivity contribution in [2.24, 2.45) is 16.1 Å². The molecule has 0 aromatic carbocycles. The van der Waals surface area contributed by atoms with Gasteiger partial charge in [0, 0.05) is 25.9 Å². The van der Waals surface area contributed by atoms with Crippen molar-refractivity contribution in [3.63, 3.8) is 0 Å². The van der Waals surface area contributed by atoms with Gasteiger partial charge in [-0.15, -0.1) is 0 Å². The standard InChI is InChI=1S/C17H23BrN4O2/c1-5-22(4)9-19-15-8-14(18)17(20-11(15)3)23-12-6-13-10(2)21-24-16(13)7-12/h8-9,12-13,16H,5-7H2,1-4H3/t12-,13-,16-/m0/s1. The Bertz CT molecular complexity index is 677. The first-order chi connectivity index (χ1) is 11.5. The maximum absolute atomic E-state index is 6.12. The summed E-state index contributed by atoms with van der Waals surface area (Å²) < 4.78 is 6.94. The van der Waals surface area contributed by atoms with E-state index in [0.29, 0.717) is 11.8 Å². The van der Waals surface area contributed by atoms with Gasteiger partial charge in [-0.05, 0) is 49.2 Å². The number of nitrogens with zero attached hydrogens (tertiary/aromatic N) is 4. The van der Waals surface area contributed by atoms with Gasteiger partial charge in [-0.25, -0.2) is 9.98 Å². The van der Waals surface area contributed by atoms with Crippen molar-refractivity contribution in [1.82, 2.24) is 9.88 Å². The number of ether oxygens (including phenoxy) is 1. The Morgan fingerprint density at radius 1 is 1.46 bits per heavy atom. The molecule has 1 aromatic heterocycles. The molecule has 0 bridgehead atoms. The SMILES string of the molecule is CCN(C)C=Nc1cc(Br)c(O[C@@H]2C[C@@H]3ON=C(C)[C@@H]3C2)nc1C. The van der Waals surface area contributed by atoms with Gasteiger partial charge in [-0.2, -0.15) is 0 Å². The van der Waals surface area contributed by atoms with E-state index in [9.17, 15) is 0 Å². The number of oxime groups is 1. The number of halogens is 1. The summed E-state index contributed by atoms with van der Waals surface area (Å²) >= 11 is 3.56. The van der Waals surface area contributed by atoms with Crippen LogP contribution in [0.3, 0.4) is 0 Å². The van der Waals surface area contributed by atoms with Gasteiger partial charge in [0.05, 0.1) is 27.9 Å². The molecule has 2 aliphatic rings. The van der Waals surface area contributed by atoms with E-state index in [4.69, 9.17) is 9.57 Å². The highest BCUT2D eigenvalue weighted by Gasteiger charge is 2.42. The molecule has 0 saturated heterocycles. The van der Waals surface area contributed by atoms with Crippen LogP contribution >= 0.6 is 15.9 Å². The fourth-order valence-electron chi connectivity index (χ4n) is 2.99. The molecule has 1 aliphatic carbocycles. The highest BCUT2D eigenvalue weighted by molar-refractivity contribution is 9.10. The summed E-state index contributed by atoms with van der Waals surface area (Å²) in [7, 11) is 1.99. The predicted octanol–water partition coefficient (Wildman–Crippen LogP) is 3.70. The Morgan fingerprint density at radius 3 is 2.96 bits per heavy atom. The fourth-order valence-corrected chi connectivity index (χ4v) is 3.39. The minimum Gasteiger partial charge on any atom is -0.473 e. The second-order valence-electron chi connectivity index (χ2n) is 6.39. The van der Waals surface area contributed by atoms with Crippen LogP contribution in [0.4, 0.5) is 5.69 Å². The molecule has 1 saturated carbocycles. The van der Waals surface area contributed by atoms with E-state index in [0.717, 1.165) is 41.0 Å². The Balaban J connectivity index is 1.70. The highest BCUT2D eigenvalue weighted by atomic mass is 79.9. The molecule has 1 fully saturated rings. The molecule has 0 spiro atoms. The second-order valence-corrected chi connectivity index (χ2v) is 7.25. The van der Waals surface area contributed by atoms with Crippen molar-refractivity contribution in [3.05, 3.63) is 16.2 Å². The quantitative estimate of drug-likeness (QED) is 0.564. The van der Waals surface area contributed by atoms with Crippen molar-refractivity contribution in [2.75, 3.05) is 13.6 Å². The van der Waals surface area contributed by atoms with E-state index in [1.807, 2.05) is 38.2 Å². The van der Waals surface area contributed by atoms with Gasteiger partial charge in [0.1, 0.15) is 12.2 Å². The summed E-state index contributed by atoms with van der Waals surface area (Å²) in [6.07, 6.45) is 3.85. The summed E-state index contributed by atoms with van der Waals surface area (Å²) in [6.45, 7) is 6.96. The first-order valence-electron chi connectivity index (χ1n) is 8.26. The molecule has 130 valence electrons. The molecule has 1 aliphatic heterocycles. The first kappa shape index (κ1) is 17.2. The topological polar surface area (TPSA) is 59.3 Å². The van der Waals surface area contributed by atoms with E-state index >= 15 is 0 Å². The Kier molecular flexibility index (Phi) is 5.08. The normalized spacial score (nSPS) is 25.5. The molecule has 0 unspecified atom stereocenters. The summed E-state index contributed by atoms with van der Waals surface area (Å²) in [5.41, 5.74) is 2.75. The zero-order valence-electron chi connectivity index (χ0n) is 14.5. The van der Waals surface area contributed by atoms with Crippen LogP contribution in [0.1, 0.15) is 32.4 Å². The molecule has 0 N–H and O–H groups in total. The van der Waals surface area contributed by atoms with Crippen molar-refractivity contribution in [2.45, 2.75) is 45.8 Å². The molecule has 0 radical (unpaired) electrons. The molecule has 6 nitrogen and oxygen atoms in total. The van der Waals surface area contributed by atoms with Crippen molar-refractivity contribution in [3.8, 4) is 5.88 Å². The largest absolute Gasteiger partial charge is 0.473 e. The monoisotopic (exact) mass is 394 g/mol. The number of hydrogen-bond acceptors (Lipinski definition) is 5. The average Bonchev–Trinajstić information content (AvgIpc) is 3.10. The maximum atomic E-state index is 6.12. The van der Waals surface area contributed by atoms with Gasteiger partial charge in [0.25, 0.3) is 0 Å². The third-order valence-corrected chi connectivity index (χ3v) is 5.18. The maximum Gasteiger partial charge on any atom is 0.228 e. The van der Waals surface area contributed by atoms with Gasteiger partial charge in [-0.1, -0.05) is 5.16 Å². The number of aliphatic imine (C=N–C) groups is 1. The molecular formula is C17H23BrN4O2.